The zero-order valence-electron chi connectivity index (χ0n) is 16.1. The van der Waals surface area contributed by atoms with Gasteiger partial charge in [0.25, 0.3) is 0 Å². The first-order chi connectivity index (χ1) is 14.0. The fourth-order valence-corrected chi connectivity index (χ4v) is 3.59. The van der Waals surface area contributed by atoms with Gasteiger partial charge in [0.15, 0.2) is 0 Å². The van der Waals surface area contributed by atoms with Crippen molar-refractivity contribution in [3.8, 4) is 0 Å². The van der Waals surface area contributed by atoms with E-state index >= 15 is 0 Å². The highest BCUT2D eigenvalue weighted by atomic mass is 19.1. The first kappa shape index (κ1) is 19.5. The van der Waals surface area contributed by atoms with E-state index in [1.165, 1.54) is 12.1 Å². The lowest BCUT2D eigenvalue weighted by Gasteiger charge is -2.25. The molecule has 0 spiro atoms. The number of ether oxygens (including phenoxy) is 1. The number of morpholine rings is 1. The summed E-state index contributed by atoms with van der Waals surface area (Å²) in [5.41, 5.74) is 1.61. The number of rotatable bonds is 6. The summed E-state index contributed by atoms with van der Waals surface area (Å²) in [6.45, 7) is 3.16. The fraction of sp³-hybridized carbons (Fsp3) is 0.364. The summed E-state index contributed by atoms with van der Waals surface area (Å²) < 4.78 is 18.4. The molecule has 0 radical (unpaired) electrons. The van der Waals surface area contributed by atoms with Crippen LogP contribution in [0.1, 0.15) is 18.4 Å². The van der Waals surface area contributed by atoms with Gasteiger partial charge in [-0.1, -0.05) is 12.1 Å². The number of amides is 2. The zero-order valence-corrected chi connectivity index (χ0v) is 16.1. The van der Waals surface area contributed by atoms with Crippen LogP contribution in [0.3, 0.4) is 0 Å². The van der Waals surface area contributed by atoms with Crippen molar-refractivity contribution in [1.82, 2.24) is 4.90 Å². The number of hydrogen-bond acceptors (Lipinski definition) is 4. The van der Waals surface area contributed by atoms with E-state index in [0.717, 1.165) is 31.5 Å². The Morgan fingerprint density at radius 3 is 2.10 bits per heavy atom. The molecule has 0 bridgehead atoms. The number of nitrogens with zero attached hydrogens (tertiary/aromatic N) is 1. The van der Waals surface area contributed by atoms with Crippen molar-refractivity contribution in [2.24, 2.45) is 0 Å². The van der Waals surface area contributed by atoms with E-state index < -0.39 is 5.41 Å². The van der Waals surface area contributed by atoms with E-state index in [2.05, 4.69) is 15.5 Å². The molecule has 2 fully saturated rings. The van der Waals surface area contributed by atoms with Gasteiger partial charge in [-0.3, -0.25) is 14.5 Å². The predicted molar refractivity (Wildman–Crippen MR) is 108 cm³/mol. The number of carbonyl (C=O) groups is 2. The van der Waals surface area contributed by atoms with Gasteiger partial charge in [-0.15, -0.1) is 0 Å². The van der Waals surface area contributed by atoms with Gasteiger partial charge in [0.1, 0.15) is 5.82 Å². The van der Waals surface area contributed by atoms with Crippen LogP contribution in [-0.4, -0.2) is 49.6 Å². The maximum Gasteiger partial charge on any atom is 0.238 e. The Labute approximate surface area is 169 Å². The first-order valence-corrected chi connectivity index (χ1v) is 9.83. The van der Waals surface area contributed by atoms with Crippen molar-refractivity contribution in [3.63, 3.8) is 0 Å². The van der Waals surface area contributed by atoms with Gasteiger partial charge in [-0.25, -0.2) is 4.39 Å². The summed E-state index contributed by atoms with van der Waals surface area (Å²) in [6.07, 6.45) is 1.50. The van der Waals surface area contributed by atoms with Crippen molar-refractivity contribution in [1.29, 1.82) is 0 Å². The molecular formula is C22H24FN3O3. The standard InChI is InChI=1S/C22H24FN3O3/c23-17-3-1-16(2-4-17)22(9-10-22)21(28)25-19-7-5-18(6-8-19)24-20(27)15-26-11-13-29-14-12-26/h1-8H,9-15H2,(H,24,27)(H,25,28). The van der Waals surface area contributed by atoms with Gasteiger partial charge >= 0.3 is 0 Å². The molecule has 1 heterocycles. The maximum atomic E-state index is 13.2. The molecule has 1 saturated heterocycles. The zero-order chi connectivity index (χ0) is 20.3. The van der Waals surface area contributed by atoms with E-state index in [1.807, 2.05) is 0 Å². The number of hydrogen-bond donors (Lipinski definition) is 2. The first-order valence-electron chi connectivity index (χ1n) is 9.83. The third-order valence-electron chi connectivity index (χ3n) is 5.48. The highest BCUT2D eigenvalue weighted by Gasteiger charge is 2.51. The minimum atomic E-state index is -0.571. The Kier molecular flexibility index (Phi) is 5.60. The molecule has 6 nitrogen and oxygen atoms in total. The fourth-order valence-electron chi connectivity index (χ4n) is 3.59. The minimum Gasteiger partial charge on any atom is -0.379 e. The van der Waals surface area contributed by atoms with Crippen LogP contribution in [-0.2, 0) is 19.7 Å². The molecule has 2 aromatic rings. The molecule has 152 valence electrons. The predicted octanol–water partition coefficient (Wildman–Crippen LogP) is 2.77. The lowest BCUT2D eigenvalue weighted by Crippen LogP contribution is -2.41. The summed E-state index contributed by atoms with van der Waals surface area (Å²) in [7, 11) is 0. The van der Waals surface area contributed by atoms with E-state index in [-0.39, 0.29) is 17.6 Å². The number of anilines is 2. The van der Waals surface area contributed by atoms with Crippen LogP contribution in [0.4, 0.5) is 15.8 Å². The second-order valence-corrected chi connectivity index (χ2v) is 7.56. The van der Waals surface area contributed by atoms with Gasteiger partial charge in [-0.2, -0.15) is 0 Å². The average molecular weight is 397 g/mol. The van der Waals surface area contributed by atoms with E-state index in [9.17, 15) is 14.0 Å². The van der Waals surface area contributed by atoms with Gasteiger partial charge < -0.3 is 15.4 Å². The Hall–Kier alpha value is -2.77. The molecule has 2 aliphatic rings. The molecule has 29 heavy (non-hydrogen) atoms. The van der Waals surface area contributed by atoms with Crippen molar-refractivity contribution < 1.29 is 18.7 Å². The Morgan fingerprint density at radius 2 is 1.52 bits per heavy atom. The molecule has 2 aromatic carbocycles. The second-order valence-electron chi connectivity index (χ2n) is 7.56. The summed E-state index contributed by atoms with van der Waals surface area (Å²) in [5.74, 6) is -0.471. The van der Waals surface area contributed by atoms with E-state index in [0.29, 0.717) is 31.1 Å². The van der Waals surface area contributed by atoms with E-state index in [1.54, 1.807) is 36.4 Å². The SMILES string of the molecule is O=C(CN1CCOCC1)Nc1ccc(NC(=O)C2(c3ccc(F)cc3)CC2)cc1. The lowest BCUT2D eigenvalue weighted by molar-refractivity contribution is -0.119. The monoisotopic (exact) mass is 397 g/mol. The summed E-state index contributed by atoms with van der Waals surface area (Å²) in [4.78, 5) is 27.0. The van der Waals surface area contributed by atoms with Crippen LogP contribution in [0.2, 0.25) is 0 Å². The van der Waals surface area contributed by atoms with Gasteiger partial charge in [0.05, 0.1) is 25.2 Å². The molecule has 0 atom stereocenters. The van der Waals surface area contributed by atoms with Crippen LogP contribution >= 0.6 is 0 Å². The number of carbonyl (C=O) groups excluding carboxylic acids is 2. The summed E-state index contributed by atoms with van der Waals surface area (Å²) in [5, 5.41) is 5.81. The molecule has 4 rings (SSSR count). The van der Waals surface area contributed by atoms with Crippen molar-refractivity contribution in [3.05, 3.63) is 59.9 Å². The van der Waals surface area contributed by atoms with Crippen LogP contribution in [0.5, 0.6) is 0 Å². The average Bonchev–Trinajstić information content (AvgIpc) is 3.53. The van der Waals surface area contributed by atoms with Crippen LogP contribution in [0, 0.1) is 5.82 Å². The summed E-state index contributed by atoms with van der Waals surface area (Å²) in [6, 6.07) is 13.2. The molecule has 1 saturated carbocycles. The maximum absolute atomic E-state index is 13.2. The minimum absolute atomic E-state index is 0.0723. The summed E-state index contributed by atoms with van der Waals surface area (Å²) >= 11 is 0. The Balaban J connectivity index is 1.32. The topological polar surface area (TPSA) is 70.7 Å². The van der Waals surface area contributed by atoms with Crippen LogP contribution in [0.15, 0.2) is 48.5 Å². The molecular weight excluding hydrogens is 373 g/mol. The smallest absolute Gasteiger partial charge is 0.238 e. The van der Waals surface area contributed by atoms with Gasteiger partial charge in [0, 0.05) is 24.5 Å². The van der Waals surface area contributed by atoms with Gasteiger partial charge in [-0.05, 0) is 54.8 Å². The molecule has 1 aliphatic heterocycles. The highest BCUT2D eigenvalue weighted by molar-refractivity contribution is 6.01. The van der Waals surface area contributed by atoms with Crippen molar-refractivity contribution in [2.45, 2.75) is 18.3 Å². The van der Waals surface area contributed by atoms with Crippen LogP contribution in [0.25, 0.3) is 0 Å². The number of nitrogens with one attached hydrogen (secondary N) is 2. The normalized spacial score (nSPS) is 18.1. The third-order valence-corrected chi connectivity index (χ3v) is 5.48. The van der Waals surface area contributed by atoms with E-state index in [4.69, 9.17) is 4.74 Å². The van der Waals surface area contributed by atoms with Gasteiger partial charge in [0.2, 0.25) is 11.8 Å². The van der Waals surface area contributed by atoms with Crippen molar-refractivity contribution in [2.75, 3.05) is 43.5 Å². The molecule has 0 unspecified atom stereocenters. The molecule has 2 amide bonds. The quantitative estimate of drug-likeness (QED) is 0.786. The molecule has 0 aromatic heterocycles. The molecule has 7 heteroatoms. The Morgan fingerprint density at radius 1 is 0.931 bits per heavy atom. The molecule has 2 N–H and O–H groups in total. The largest absolute Gasteiger partial charge is 0.379 e. The van der Waals surface area contributed by atoms with Crippen molar-refractivity contribution >= 4 is 23.2 Å². The highest BCUT2D eigenvalue weighted by Crippen LogP contribution is 2.49. The number of benzene rings is 2. The third kappa shape index (κ3) is 4.63. The Bertz CT molecular complexity index is 873. The number of halogens is 1. The molecule has 1 aliphatic carbocycles. The lowest BCUT2D eigenvalue weighted by atomic mass is 9.95. The second kappa shape index (κ2) is 8.31. The van der Waals surface area contributed by atoms with Crippen LogP contribution < -0.4 is 10.6 Å².